The Labute approximate surface area is 146 Å². The van der Waals surface area contributed by atoms with Crippen LogP contribution in [0, 0.1) is 11.3 Å². The molecule has 0 amide bonds. The first-order valence-electron chi connectivity index (χ1n) is 8.10. The Balaban J connectivity index is 1.95. The van der Waals surface area contributed by atoms with Crippen LogP contribution in [0.15, 0.2) is 29.3 Å². The van der Waals surface area contributed by atoms with E-state index in [0.717, 1.165) is 46.2 Å². The first kappa shape index (κ1) is 16.4. The summed E-state index contributed by atoms with van der Waals surface area (Å²) in [5, 5.41) is 11.5. The summed E-state index contributed by atoms with van der Waals surface area (Å²) in [6, 6.07) is 10.3. The maximum absolute atomic E-state index is 9.68. The van der Waals surface area contributed by atoms with Crippen LogP contribution in [-0.2, 0) is 25.0 Å². The second-order valence-corrected chi connectivity index (χ2v) is 7.21. The zero-order valence-electron chi connectivity index (χ0n) is 13.3. The number of halogens is 1. The number of rotatable bonds is 4. The molecule has 1 aliphatic rings. The average molecular weight is 344 g/mol. The molecule has 1 N–H and O–H groups in total. The third-order valence-corrected chi connectivity index (χ3v) is 5.84. The van der Waals surface area contributed by atoms with Gasteiger partial charge in [0.25, 0.3) is 5.03 Å². The number of benzene rings is 1. The Morgan fingerprint density at radius 3 is 2.65 bits per heavy atom. The number of aryl methyl sites for hydroxylation is 1. The van der Waals surface area contributed by atoms with Gasteiger partial charge in [-0.15, -0.1) is 0 Å². The van der Waals surface area contributed by atoms with Crippen molar-refractivity contribution in [3.8, 4) is 6.07 Å². The number of thioether (sulfide) groups is 1. The van der Waals surface area contributed by atoms with Crippen molar-refractivity contribution in [2.24, 2.45) is 0 Å². The van der Waals surface area contributed by atoms with E-state index in [2.05, 4.69) is 18.0 Å². The highest BCUT2D eigenvalue weighted by Crippen LogP contribution is 2.32. The van der Waals surface area contributed by atoms with Crippen LogP contribution >= 0.6 is 23.4 Å². The molecular weight excluding hydrogens is 324 g/mol. The van der Waals surface area contributed by atoms with Crippen molar-refractivity contribution in [2.45, 2.75) is 49.8 Å². The maximum Gasteiger partial charge on any atom is 0.257 e. The van der Waals surface area contributed by atoms with Gasteiger partial charge in [0.05, 0.1) is 0 Å². The molecule has 4 heteroatoms. The molecule has 0 spiro atoms. The van der Waals surface area contributed by atoms with Crippen LogP contribution in [0.4, 0.5) is 0 Å². The normalized spacial score (nSPS) is 13.4. The molecule has 0 saturated carbocycles. The van der Waals surface area contributed by atoms with Gasteiger partial charge in [0.15, 0.2) is 5.69 Å². The summed E-state index contributed by atoms with van der Waals surface area (Å²) in [7, 11) is 0. The summed E-state index contributed by atoms with van der Waals surface area (Å²) in [4.78, 5) is 3.53. The minimum Gasteiger partial charge on any atom is -0.202 e. The Hall–Kier alpha value is -1.50. The summed E-state index contributed by atoms with van der Waals surface area (Å²) in [6.07, 6.45) is 5.51. The molecule has 0 bridgehead atoms. The van der Waals surface area contributed by atoms with E-state index < -0.39 is 0 Å². The van der Waals surface area contributed by atoms with Gasteiger partial charge in [-0.1, -0.05) is 48.5 Å². The summed E-state index contributed by atoms with van der Waals surface area (Å²) >= 11 is 7.93. The van der Waals surface area contributed by atoms with Crippen molar-refractivity contribution >= 4 is 23.4 Å². The lowest BCUT2D eigenvalue weighted by molar-refractivity contribution is -0.438. The van der Waals surface area contributed by atoms with Gasteiger partial charge in [-0.05, 0) is 42.9 Å². The summed E-state index contributed by atoms with van der Waals surface area (Å²) < 4.78 is 0. The van der Waals surface area contributed by atoms with E-state index in [4.69, 9.17) is 11.6 Å². The van der Waals surface area contributed by atoms with Gasteiger partial charge in [0.1, 0.15) is 11.6 Å². The molecule has 1 aliphatic carbocycles. The number of aromatic amines is 1. The van der Waals surface area contributed by atoms with Gasteiger partial charge in [-0.3, -0.25) is 0 Å². The van der Waals surface area contributed by atoms with Crippen molar-refractivity contribution < 1.29 is 4.98 Å². The quantitative estimate of drug-likeness (QED) is 0.750. The number of fused-ring (bicyclic) bond motifs is 1. The fourth-order valence-electron chi connectivity index (χ4n) is 3.22. The van der Waals surface area contributed by atoms with Crippen LogP contribution in [0.25, 0.3) is 0 Å². The summed E-state index contributed by atoms with van der Waals surface area (Å²) in [5.41, 5.74) is 5.90. The van der Waals surface area contributed by atoms with Crippen molar-refractivity contribution in [3.63, 3.8) is 0 Å². The van der Waals surface area contributed by atoms with Crippen molar-refractivity contribution in [1.82, 2.24) is 0 Å². The fourth-order valence-corrected chi connectivity index (χ4v) is 4.56. The van der Waals surface area contributed by atoms with Crippen LogP contribution < -0.4 is 4.98 Å². The third-order valence-electron chi connectivity index (χ3n) is 4.42. The van der Waals surface area contributed by atoms with Crippen LogP contribution in [0.3, 0.4) is 0 Å². The van der Waals surface area contributed by atoms with E-state index in [-0.39, 0.29) is 0 Å². The zero-order valence-corrected chi connectivity index (χ0v) is 14.9. The molecule has 0 fully saturated rings. The topological polar surface area (TPSA) is 37.9 Å². The van der Waals surface area contributed by atoms with E-state index in [1.807, 2.05) is 24.3 Å². The molecule has 2 nitrogen and oxygen atoms in total. The van der Waals surface area contributed by atoms with Crippen LogP contribution in [0.1, 0.15) is 47.7 Å². The van der Waals surface area contributed by atoms with Gasteiger partial charge < -0.3 is 0 Å². The predicted octanol–water partition coefficient (Wildman–Crippen LogP) is 4.76. The molecule has 118 valence electrons. The largest absolute Gasteiger partial charge is 0.257 e. The minimum atomic E-state index is 0.771. The van der Waals surface area contributed by atoms with Crippen LogP contribution in [0.2, 0.25) is 5.02 Å². The number of nitriles is 1. The lowest BCUT2D eigenvalue weighted by atomic mass is 9.87. The number of nitrogens with one attached hydrogen (secondary N) is 1. The Morgan fingerprint density at radius 1 is 1.22 bits per heavy atom. The summed E-state index contributed by atoms with van der Waals surface area (Å²) in [5.74, 6) is 0.771. The molecular formula is C19H20ClN2S+. The molecule has 1 heterocycles. The van der Waals surface area contributed by atoms with Gasteiger partial charge >= 0.3 is 0 Å². The number of H-pyrrole nitrogens is 1. The molecule has 0 unspecified atom stereocenters. The Morgan fingerprint density at radius 2 is 1.96 bits per heavy atom. The van der Waals surface area contributed by atoms with Crippen LogP contribution in [0.5, 0.6) is 0 Å². The highest BCUT2D eigenvalue weighted by molar-refractivity contribution is 7.98. The number of hydrogen-bond donors (Lipinski definition) is 0. The molecule has 1 aromatic heterocycles. The van der Waals surface area contributed by atoms with Crippen molar-refractivity contribution in [2.75, 3.05) is 0 Å². The van der Waals surface area contributed by atoms with Gasteiger partial charge in [-0.25, -0.2) is 4.98 Å². The molecule has 0 atom stereocenters. The fraction of sp³-hybridized carbons (Fsp3) is 0.368. The third kappa shape index (κ3) is 3.39. The predicted molar refractivity (Wildman–Crippen MR) is 94.7 cm³/mol. The molecule has 0 aliphatic heterocycles. The van der Waals surface area contributed by atoms with E-state index >= 15 is 0 Å². The number of pyridine rings is 1. The molecule has 1 aromatic carbocycles. The molecule has 2 aromatic rings. The first-order valence-corrected chi connectivity index (χ1v) is 9.47. The highest BCUT2D eigenvalue weighted by atomic mass is 35.5. The molecule has 0 saturated heterocycles. The van der Waals surface area contributed by atoms with E-state index in [9.17, 15) is 5.26 Å². The van der Waals surface area contributed by atoms with Crippen molar-refractivity contribution in [1.29, 1.82) is 5.26 Å². The smallest absolute Gasteiger partial charge is 0.202 e. The van der Waals surface area contributed by atoms with E-state index in [0.29, 0.717) is 0 Å². The monoisotopic (exact) mass is 343 g/mol. The Bertz CT molecular complexity index is 765. The molecule has 3 rings (SSSR count). The highest BCUT2D eigenvalue weighted by Gasteiger charge is 2.26. The van der Waals surface area contributed by atoms with Crippen LogP contribution in [-0.4, -0.2) is 0 Å². The van der Waals surface area contributed by atoms with E-state index in [1.165, 1.54) is 29.7 Å². The standard InChI is InChI=1S/C19H19ClN2S/c1-2-18-15-9-5-4-8-14(15)16(11-21)19(22-18)23-12-13-7-3-6-10-17(13)20/h3,6-7,10H,2,4-5,8-9,12H2,1H3/p+1. The van der Waals surface area contributed by atoms with Gasteiger partial charge in [-0.2, -0.15) is 5.26 Å². The number of hydrogen-bond acceptors (Lipinski definition) is 2. The summed E-state index contributed by atoms with van der Waals surface area (Å²) in [6.45, 7) is 2.18. The second kappa shape index (κ2) is 7.38. The second-order valence-electron chi connectivity index (χ2n) is 5.82. The minimum absolute atomic E-state index is 0.771. The van der Waals surface area contributed by atoms with Gasteiger partial charge in [0.2, 0.25) is 0 Å². The van der Waals surface area contributed by atoms with Crippen molar-refractivity contribution in [3.05, 3.63) is 57.2 Å². The van der Waals surface area contributed by atoms with E-state index in [1.54, 1.807) is 11.8 Å². The first-order chi connectivity index (χ1) is 11.2. The average Bonchev–Trinajstić information content (AvgIpc) is 2.60. The zero-order chi connectivity index (χ0) is 16.2. The maximum atomic E-state index is 9.68. The number of nitrogens with zero attached hydrogens (tertiary/aromatic N) is 1. The van der Waals surface area contributed by atoms with Gasteiger partial charge in [0, 0.05) is 22.8 Å². The lowest BCUT2D eigenvalue weighted by Crippen LogP contribution is -2.23. The molecule has 23 heavy (non-hydrogen) atoms. The SMILES string of the molecule is CCc1[nH+]c(SCc2ccccc2Cl)c(C#N)c2c1CCCC2. The Kier molecular flexibility index (Phi) is 5.25. The lowest BCUT2D eigenvalue weighted by Gasteiger charge is -2.17. The number of aromatic nitrogens is 1. The molecule has 0 radical (unpaired) electrons.